The monoisotopic (exact) mass is 276 g/mol. The van der Waals surface area contributed by atoms with Gasteiger partial charge in [0.1, 0.15) is 6.10 Å². The van der Waals surface area contributed by atoms with Crippen LogP contribution in [0.15, 0.2) is 18.2 Å². The molecule has 0 aliphatic carbocycles. The standard InChI is InChI=1S/C15H20N2O3/c1-15(2)19-9-12(20-15)8-17-14(18)11-3-4-13-10(7-11)5-6-16-13/h3-4,7,12,16H,5-6,8-9H2,1-2H3,(H,17,18). The first-order valence-electron chi connectivity index (χ1n) is 7.00. The SMILES string of the molecule is CC1(C)OCC(CNC(=O)c2ccc3c(c2)CCN3)O1. The number of hydrogen-bond acceptors (Lipinski definition) is 4. The predicted molar refractivity (Wildman–Crippen MR) is 75.9 cm³/mol. The minimum atomic E-state index is -0.547. The molecule has 1 atom stereocenters. The highest BCUT2D eigenvalue weighted by Crippen LogP contribution is 2.23. The van der Waals surface area contributed by atoms with Gasteiger partial charge in [0.2, 0.25) is 0 Å². The third kappa shape index (κ3) is 2.78. The molecule has 1 aromatic rings. The fourth-order valence-electron chi connectivity index (χ4n) is 2.62. The number of carbonyl (C=O) groups excluding carboxylic acids is 1. The molecule has 2 aliphatic heterocycles. The number of ether oxygens (including phenoxy) is 2. The highest BCUT2D eigenvalue weighted by Gasteiger charge is 2.32. The maximum atomic E-state index is 12.1. The molecule has 1 aromatic carbocycles. The first-order valence-corrected chi connectivity index (χ1v) is 7.00. The summed E-state index contributed by atoms with van der Waals surface area (Å²) < 4.78 is 11.1. The number of benzene rings is 1. The van der Waals surface area contributed by atoms with Gasteiger partial charge < -0.3 is 20.1 Å². The van der Waals surface area contributed by atoms with E-state index in [0.717, 1.165) is 18.7 Å². The summed E-state index contributed by atoms with van der Waals surface area (Å²) in [5.41, 5.74) is 3.04. The summed E-state index contributed by atoms with van der Waals surface area (Å²) >= 11 is 0. The maximum Gasteiger partial charge on any atom is 0.251 e. The molecule has 108 valence electrons. The van der Waals surface area contributed by atoms with E-state index < -0.39 is 5.79 Å². The molecule has 0 bridgehead atoms. The highest BCUT2D eigenvalue weighted by atomic mass is 16.7. The van der Waals surface area contributed by atoms with E-state index in [2.05, 4.69) is 10.6 Å². The van der Waals surface area contributed by atoms with Gasteiger partial charge in [-0.25, -0.2) is 0 Å². The third-order valence-corrected chi connectivity index (χ3v) is 3.63. The van der Waals surface area contributed by atoms with Gasteiger partial charge in [-0.1, -0.05) is 0 Å². The molecule has 0 aromatic heterocycles. The Balaban J connectivity index is 1.57. The van der Waals surface area contributed by atoms with E-state index in [0.29, 0.717) is 18.7 Å². The van der Waals surface area contributed by atoms with Crippen molar-refractivity contribution in [1.29, 1.82) is 0 Å². The third-order valence-electron chi connectivity index (χ3n) is 3.63. The average molecular weight is 276 g/mol. The fraction of sp³-hybridized carbons (Fsp3) is 0.533. The second-order valence-electron chi connectivity index (χ2n) is 5.71. The van der Waals surface area contributed by atoms with E-state index in [1.54, 1.807) is 0 Å². The summed E-state index contributed by atoms with van der Waals surface area (Å²) in [6.07, 6.45) is 0.898. The summed E-state index contributed by atoms with van der Waals surface area (Å²) in [6, 6.07) is 5.78. The van der Waals surface area contributed by atoms with Gasteiger partial charge in [0, 0.05) is 24.3 Å². The Labute approximate surface area is 118 Å². The smallest absolute Gasteiger partial charge is 0.251 e. The lowest BCUT2D eigenvalue weighted by Gasteiger charge is -2.17. The molecule has 1 saturated heterocycles. The molecule has 0 saturated carbocycles. The number of rotatable bonds is 3. The Morgan fingerprint density at radius 1 is 1.50 bits per heavy atom. The minimum Gasteiger partial charge on any atom is -0.384 e. The van der Waals surface area contributed by atoms with Crippen LogP contribution in [0.1, 0.15) is 29.8 Å². The Bertz CT molecular complexity index is 528. The molecule has 1 amide bonds. The number of amides is 1. The molecule has 20 heavy (non-hydrogen) atoms. The van der Waals surface area contributed by atoms with Crippen LogP contribution in [0.25, 0.3) is 0 Å². The molecule has 3 rings (SSSR count). The summed E-state index contributed by atoms with van der Waals surface area (Å²) in [6.45, 7) is 5.69. The summed E-state index contributed by atoms with van der Waals surface area (Å²) in [5.74, 6) is -0.609. The lowest BCUT2D eigenvalue weighted by molar-refractivity contribution is -0.137. The van der Waals surface area contributed by atoms with Gasteiger partial charge in [-0.2, -0.15) is 0 Å². The molecule has 2 N–H and O–H groups in total. The zero-order chi connectivity index (χ0) is 14.2. The normalized spacial score (nSPS) is 23.2. The van der Waals surface area contributed by atoms with Crippen molar-refractivity contribution in [3.05, 3.63) is 29.3 Å². The van der Waals surface area contributed by atoms with Gasteiger partial charge in [-0.15, -0.1) is 0 Å². The molecule has 0 spiro atoms. The minimum absolute atomic E-state index is 0.0620. The number of nitrogens with one attached hydrogen (secondary N) is 2. The Hall–Kier alpha value is -1.59. The van der Waals surface area contributed by atoms with E-state index in [-0.39, 0.29) is 12.0 Å². The molecule has 1 fully saturated rings. The largest absolute Gasteiger partial charge is 0.384 e. The van der Waals surface area contributed by atoms with Crippen molar-refractivity contribution in [3.8, 4) is 0 Å². The summed E-state index contributed by atoms with van der Waals surface area (Å²) in [4.78, 5) is 12.1. The van der Waals surface area contributed by atoms with Crippen molar-refractivity contribution >= 4 is 11.6 Å². The van der Waals surface area contributed by atoms with Gasteiger partial charge in [-0.3, -0.25) is 4.79 Å². The molecular weight excluding hydrogens is 256 g/mol. The Kier molecular flexibility index (Phi) is 3.40. The second-order valence-corrected chi connectivity index (χ2v) is 5.71. The molecule has 5 nitrogen and oxygen atoms in total. The Morgan fingerprint density at radius 3 is 3.10 bits per heavy atom. The maximum absolute atomic E-state index is 12.1. The second kappa shape index (κ2) is 5.07. The van der Waals surface area contributed by atoms with Crippen LogP contribution < -0.4 is 10.6 Å². The van der Waals surface area contributed by atoms with Gasteiger partial charge in [0.25, 0.3) is 5.91 Å². The number of anilines is 1. The molecule has 5 heteroatoms. The van der Waals surface area contributed by atoms with Crippen molar-refractivity contribution in [2.75, 3.05) is 25.0 Å². The lowest BCUT2D eigenvalue weighted by atomic mass is 10.1. The van der Waals surface area contributed by atoms with Gasteiger partial charge in [-0.05, 0) is 44.0 Å². The quantitative estimate of drug-likeness (QED) is 0.879. The van der Waals surface area contributed by atoms with Crippen LogP contribution in [-0.2, 0) is 15.9 Å². The molecule has 2 aliphatic rings. The number of hydrogen-bond donors (Lipinski definition) is 2. The molecular formula is C15H20N2O3. The average Bonchev–Trinajstić information content (AvgIpc) is 3.01. The van der Waals surface area contributed by atoms with E-state index in [1.165, 1.54) is 5.56 Å². The zero-order valence-electron chi connectivity index (χ0n) is 11.9. The topological polar surface area (TPSA) is 59.6 Å². The van der Waals surface area contributed by atoms with Crippen molar-refractivity contribution in [3.63, 3.8) is 0 Å². The van der Waals surface area contributed by atoms with Crippen LogP contribution >= 0.6 is 0 Å². The molecule has 2 heterocycles. The van der Waals surface area contributed by atoms with E-state index >= 15 is 0 Å². The van der Waals surface area contributed by atoms with Crippen molar-refractivity contribution in [2.45, 2.75) is 32.2 Å². The van der Waals surface area contributed by atoms with Crippen LogP contribution in [0.4, 0.5) is 5.69 Å². The lowest BCUT2D eigenvalue weighted by Crippen LogP contribution is -2.34. The van der Waals surface area contributed by atoms with Crippen LogP contribution in [-0.4, -0.2) is 37.5 Å². The van der Waals surface area contributed by atoms with Crippen LogP contribution in [0, 0.1) is 0 Å². The highest BCUT2D eigenvalue weighted by molar-refractivity contribution is 5.95. The van der Waals surface area contributed by atoms with Crippen LogP contribution in [0.3, 0.4) is 0 Å². The van der Waals surface area contributed by atoms with Crippen molar-refractivity contribution < 1.29 is 14.3 Å². The zero-order valence-corrected chi connectivity index (χ0v) is 11.9. The van der Waals surface area contributed by atoms with E-state index in [4.69, 9.17) is 9.47 Å². The van der Waals surface area contributed by atoms with Crippen LogP contribution in [0.2, 0.25) is 0 Å². The first kappa shape index (κ1) is 13.4. The predicted octanol–water partition coefficient (Wildman–Crippen LogP) is 1.54. The van der Waals surface area contributed by atoms with E-state index in [9.17, 15) is 4.79 Å². The van der Waals surface area contributed by atoms with Gasteiger partial charge >= 0.3 is 0 Å². The van der Waals surface area contributed by atoms with Gasteiger partial charge in [0.15, 0.2) is 5.79 Å². The number of fused-ring (bicyclic) bond motifs is 1. The number of carbonyl (C=O) groups is 1. The van der Waals surface area contributed by atoms with Gasteiger partial charge in [0.05, 0.1) is 6.61 Å². The van der Waals surface area contributed by atoms with Crippen molar-refractivity contribution in [1.82, 2.24) is 5.32 Å². The summed E-state index contributed by atoms with van der Waals surface area (Å²) in [5, 5.41) is 6.19. The van der Waals surface area contributed by atoms with Crippen LogP contribution in [0.5, 0.6) is 0 Å². The van der Waals surface area contributed by atoms with E-state index in [1.807, 2.05) is 32.0 Å². The molecule has 1 unspecified atom stereocenters. The molecule has 0 radical (unpaired) electrons. The summed E-state index contributed by atoms with van der Waals surface area (Å²) in [7, 11) is 0. The Morgan fingerprint density at radius 2 is 2.35 bits per heavy atom. The first-order chi connectivity index (χ1) is 9.53. The van der Waals surface area contributed by atoms with Crippen molar-refractivity contribution in [2.24, 2.45) is 0 Å². The fourth-order valence-corrected chi connectivity index (χ4v) is 2.62.